The van der Waals surface area contributed by atoms with E-state index >= 15 is 0 Å². The molecule has 0 spiro atoms. The number of halogens is 6. The third-order valence-electron chi connectivity index (χ3n) is 5.25. The molecule has 1 saturated heterocycles. The molecule has 0 saturated carbocycles. The Bertz CT molecular complexity index is 1240. The van der Waals surface area contributed by atoms with Gasteiger partial charge < -0.3 is 19.4 Å². The molecular weight excluding hydrogens is 500 g/mol. The molecule has 2 N–H and O–H groups in total. The van der Waals surface area contributed by atoms with Crippen LogP contribution >= 0.6 is 0 Å². The first-order valence-electron chi connectivity index (χ1n) is 10.5. The van der Waals surface area contributed by atoms with E-state index in [0.29, 0.717) is 24.8 Å². The van der Waals surface area contributed by atoms with Crippen molar-refractivity contribution >= 4 is 11.5 Å². The van der Waals surface area contributed by atoms with E-state index in [1.165, 1.54) is 6.07 Å². The standard InChI is InChI=1S/C20H19F6N7O3/c1-10(29-13-5-28-31-17(34)16(13)20(24,25)26)8-35-9-15-30-32-18(36-15)11-6-33(7-11)14-3-2-12(4-27-14)19(21,22)23/h2-5,10-11H,6-9H2,1H3,(H2,29,31,34). The number of ether oxygens (including phenoxy) is 1. The third-order valence-corrected chi connectivity index (χ3v) is 5.25. The van der Waals surface area contributed by atoms with Gasteiger partial charge in [-0.2, -0.15) is 31.4 Å². The molecule has 16 heteroatoms. The Morgan fingerprint density at radius 2 is 1.92 bits per heavy atom. The normalized spacial score (nSPS) is 15.6. The molecule has 1 fully saturated rings. The van der Waals surface area contributed by atoms with E-state index in [-0.39, 0.29) is 25.0 Å². The van der Waals surface area contributed by atoms with Gasteiger partial charge in [-0.25, -0.2) is 10.1 Å². The maximum Gasteiger partial charge on any atom is 0.423 e. The van der Waals surface area contributed by atoms with Crippen molar-refractivity contribution in [3.05, 3.63) is 57.8 Å². The largest absolute Gasteiger partial charge is 0.423 e. The van der Waals surface area contributed by atoms with Gasteiger partial charge in [-0.1, -0.05) is 0 Å². The second-order valence-corrected chi connectivity index (χ2v) is 8.08. The summed E-state index contributed by atoms with van der Waals surface area (Å²) in [6, 6.07) is 1.64. The first-order chi connectivity index (χ1) is 16.9. The Morgan fingerprint density at radius 1 is 1.17 bits per heavy atom. The summed E-state index contributed by atoms with van der Waals surface area (Å²) in [7, 11) is 0. The fraction of sp³-hybridized carbons (Fsp3) is 0.450. The zero-order valence-corrected chi connectivity index (χ0v) is 18.5. The molecule has 0 radical (unpaired) electrons. The summed E-state index contributed by atoms with van der Waals surface area (Å²) in [5.74, 6) is 0.734. The van der Waals surface area contributed by atoms with E-state index in [2.05, 4.69) is 25.6 Å². The maximum atomic E-state index is 13.1. The highest BCUT2D eigenvalue weighted by Gasteiger charge is 2.38. The molecule has 3 aromatic heterocycles. The van der Waals surface area contributed by atoms with Gasteiger partial charge in [-0.15, -0.1) is 10.2 Å². The number of hydrogen-bond acceptors (Lipinski definition) is 9. The molecule has 1 aliphatic heterocycles. The molecule has 0 amide bonds. The van der Waals surface area contributed by atoms with Crippen molar-refractivity contribution in [1.82, 2.24) is 25.4 Å². The second-order valence-electron chi connectivity index (χ2n) is 8.08. The number of rotatable bonds is 8. The first kappa shape index (κ1) is 25.4. The molecule has 1 atom stereocenters. The zero-order valence-electron chi connectivity index (χ0n) is 18.5. The van der Waals surface area contributed by atoms with Crippen molar-refractivity contribution in [3.63, 3.8) is 0 Å². The van der Waals surface area contributed by atoms with Crippen LogP contribution in [0.1, 0.15) is 35.7 Å². The SMILES string of the molecule is CC(COCc1nnc(C2CN(c3ccc(C(F)(F)F)cn3)C2)o1)Nc1cn[nH]c(=O)c1C(F)(F)F. The predicted octanol–water partition coefficient (Wildman–Crippen LogP) is 3.21. The van der Waals surface area contributed by atoms with Crippen LogP contribution in [0.2, 0.25) is 0 Å². The molecule has 4 heterocycles. The van der Waals surface area contributed by atoms with Crippen molar-refractivity contribution in [2.45, 2.75) is 37.8 Å². The van der Waals surface area contributed by atoms with Crippen LogP contribution in [0.4, 0.5) is 37.8 Å². The van der Waals surface area contributed by atoms with E-state index in [1.54, 1.807) is 16.9 Å². The van der Waals surface area contributed by atoms with Gasteiger partial charge in [0, 0.05) is 25.3 Å². The van der Waals surface area contributed by atoms with Gasteiger partial charge in [-0.3, -0.25) is 4.79 Å². The molecule has 0 bridgehead atoms. The summed E-state index contributed by atoms with van der Waals surface area (Å²) in [6.07, 6.45) is -7.67. The van der Waals surface area contributed by atoms with Gasteiger partial charge in [0.15, 0.2) is 0 Å². The van der Waals surface area contributed by atoms with E-state index in [9.17, 15) is 31.1 Å². The van der Waals surface area contributed by atoms with E-state index in [0.717, 1.165) is 18.5 Å². The number of hydrogen-bond donors (Lipinski definition) is 2. The number of nitrogens with zero attached hydrogens (tertiary/aromatic N) is 5. The fourth-order valence-electron chi connectivity index (χ4n) is 3.47. The molecule has 4 rings (SSSR count). The average Bonchev–Trinajstić information content (AvgIpc) is 3.20. The number of H-pyrrole nitrogens is 1. The van der Waals surface area contributed by atoms with Crippen LogP contribution in [-0.4, -0.2) is 51.1 Å². The summed E-state index contributed by atoms with van der Waals surface area (Å²) < 4.78 is 88.3. The molecule has 194 valence electrons. The number of pyridine rings is 1. The quantitative estimate of drug-likeness (QED) is 0.432. The summed E-state index contributed by atoms with van der Waals surface area (Å²) in [6.45, 7) is 2.26. The molecule has 10 nitrogen and oxygen atoms in total. The minimum Gasteiger partial charge on any atom is -0.422 e. The Hall–Kier alpha value is -3.69. The predicted molar refractivity (Wildman–Crippen MR) is 111 cm³/mol. The molecule has 3 aromatic rings. The van der Waals surface area contributed by atoms with Crippen molar-refractivity contribution in [2.24, 2.45) is 0 Å². The smallest absolute Gasteiger partial charge is 0.422 e. The van der Waals surface area contributed by atoms with Crippen molar-refractivity contribution in [2.75, 3.05) is 29.9 Å². The minimum absolute atomic E-state index is 0.0430. The van der Waals surface area contributed by atoms with E-state index < -0.39 is 40.8 Å². The highest BCUT2D eigenvalue weighted by molar-refractivity contribution is 5.50. The van der Waals surface area contributed by atoms with Crippen LogP contribution in [0.3, 0.4) is 0 Å². The van der Waals surface area contributed by atoms with E-state index in [4.69, 9.17) is 9.15 Å². The van der Waals surface area contributed by atoms with Gasteiger partial charge in [0.05, 0.1) is 30.0 Å². The van der Waals surface area contributed by atoms with Gasteiger partial charge in [-0.05, 0) is 19.1 Å². The van der Waals surface area contributed by atoms with E-state index in [1.807, 2.05) is 0 Å². The molecule has 0 aliphatic carbocycles. The lowest BCUT2D eigenvalue weighted by Gasteiger charge is -2.38. The van der Waals surface area contributed by atoms with Crippen LogP contribution in [0.25, 0.3) is 0 Å². The van der Waals surface area contributed by atoms with Crippen LogP contribution in [0.15, 0.2) is 33.7 Å². The molecular formula is C20H19F6N7O3. The summed E-state index contributed by atoms with van der Waals surface area (Å²) in [5.41, 5.74) is -4.04. The lowest BCUT2D eigenvalue weighted by atomic mass is 10.0. The van der Waals surface area contributed by atoms with Gasteiger partial charge in [0.1, 0.15) is 18.0 Å². The molecule has 0 aromatic carbocycles. The molecule has 1 unspecified atom stereocenters. The Labute approximate surface area is 198 Å². The highest BCUT2D eigenvalue weighted by Crippen LogP contribution is 2.33. The zero-order chi connectivity index (χ0) is 26.1. The lowest BCUT2D eigenvalue weighted by Crippen LogP contribution is -2.45. The summed E-state index contributed by atoms with van der Waals surface area (Å²) in [4.78, 5) is 17.1. The Kier molecular flexibility index (Phi) is 6.88. The summed E-state index contributed by atoms with van der Waals surface area (Å²) >= 11 is 0. The second kappa shape index (κ2) is 9.75. The fourth-order valence-corrected chi connectivity index (χ4v) is 3.47. The average molecular weight is 519 g/mol. The molecule has 1 aliphatic rings. The number of nitrogens with one attached hydrogen (secondary N) is 2. The van der Waals surface area contributed by atoms with Gasteiger partial charge >= 0.3 is 12.4 Å². The van der Waals surface area contributed by atoms with Crippen LogP contribution in [-0.2, 0) is 23.7 Å². The number of anilines is 2. The molecule has 36 heavy (non-hydrogen) atoms. The first-order valence-corrected chi connectivity index (χ1v) is 10.5. The number of aromatic nitrogens is 5. The monoisotopic (exact) mass is 519 g/mol. The van der Waals surface area contributed by atoms with Gasteiger partial charge in [0.2, 0.25) is 11.8 Å². The minimum atomic E-state index is -4.86. The topological polar surface area (TPSA) is 122 Å². The maximum absolute atomic E-state index is 13.1. The third kappa shape index (κ3) is 5.75. The Morgan fingerprint density at radius 3 is 2.56 bits per heavy atom. The highest BCUT2D eigenvalue weighted by atomic mass is 19.4. The summed E-state index contributed by atoms with van der Waals surface area (Å²) in [5, 5.41) is 15.5. The number of aromatic amines is 1. The van der Waals surface area contributed by atoms with Crippen LogP contribution in [0, 0.1) is 0 Å². The number of alkyl halides is 6. The van der Waals surface area contributed by atoms with Crippen LogP contribution in [0.5, 0.6) is 0 Å². The van der Waals surface area contributed by atoms with Crippen LogP contribution < -0.4 is 15.8 Å². The van der Waals surface area contributed by atoms with Crippen molar-refractivity contribution in [3.8, 4) is 0 Å². The van der Waals surface area contributed by atoms with Gasteiger partial charge in [0.25, 0.3) is 5.56 Å². The van der Waals surface area contributed by atoms with Crippen molar-refractivity contribution in [1.29, 1.82) is 0 Å². The van der Waals surface area contributed by atoms with Crippen molar-refractivity contribution < 1.29 is 35.5 Å². The Balaban J connectivity index is 1.24. The lowest BCUT2D eigenvalue weighted by molar-refractivity contribution is -0.138.